The van der Waals surface area contributed by atoms with E-state index in [1.54, 1.807) is 0 Å². The van der Waals surface area contributed by atoms with Gasteiger partial charge < -0.3 is 16.4 Å². The van der Waals surface area contributed by atoms with Gasteiger partial charge in [-0.15, -0.1) is 0 Å². The van der Waals surface area contributed by atoms with E-state index < -0.39 is 0 Å². The topological polar surface area (TPSA) is 83.9 Å². The van der Waals surface area contributed by atoms with E-state index in [9.17, 15) is 4.79 Å². The predicted octanol–water partition coefficient (Wildman–Crippen LogP) is 5.46. The Morgan fingerprint density at radius 1 is 0.824 bits per heavy atom. The van der Waals surface area contributed by atoms with Gasteiger partial charge in [0.1, 0.15) is 0 Å². The SMILES string of the molecule is Nc1cc[n+](Cc2ccc3cncc(-c4ccc(NC(=O)Nc5ccccc5)cc4)c3c2)cc1. The van der Waals surface area contributed by atoms with Crippen molar-refractivity contribution >= 4 is 33.9 Å². The zero-order valence-electron chi connectivity index (χ0n) is 18.5. The normalized spacial score (nSPS) is 10.7. The minimum atomic E-state index is -0.282. The van der Waals surface area contributed by atoms with Crippen LogP contribution in [-0.4, -0.2) is 11.0 Å². The number of para-hydroxylation sites is 1. The second-order valence-corrected chi connectivity index (χ2v) is 8.07. The molecule has 0 saturated heterocycles. The fourth-order valence-corrected chi connectivity index (χ4v) is 3.87. The Hall–Kier alpha value is -4.71. The molecule has 5 aromatic rings. The minimum Gasteiger partial charge on any atom is -0.398 e. The molecular formula is C28H24N5O+. The van der Waals surface area contributed by atoms with Crippen LogP contribution in [0.25, 0.3) is 21.9 Å². The summed E-state index contributed by atoms with van der Waals surface area (Å²) in [6.45, 7) is 0.747. The van der Waals surface area contributed by atoms with E-state index in [0.717, 1.165) is 39.8 Å². The number of urea groups is 1. The number of rotatable bonds is 5. The average Bonchev–Trinajstić information content (AvgIpc) is 2.86. The predicted molar refractivity (Wildman–Crippen MR) is 136 cm³/mol. The first kappa shape index (κ1) is 21.2. The van der Waals surface area contributed by atoms with Crippen LogP contribution in [-0.2, 0) is 6.54 Å². The molecule has 2 heterocycles. The van der Waals surface area contributed by atoms with Crippen LogP contribution in [0.1, 0.15) is 5.56 Å². The summed E-state index contributed by atoms with van der Waals surface area (Å²) in [5.41, 5.74) is 11.3. The van der Waals surface area contributed by atoms with Crippen molar-refractivity contribution in [3.05, 3.63) is 115 Å². The van der Waals surface area contributed by atoms with Gasteiger partial charge >= 0.3 is 6.03 Å². The van der Waals surface area contributed by atoms with Gasteiger partial charge in [-0.2, -0.15) is 0 Å². The second-order valence-electron chi connectivity index (χ2n) is 8.07. The monoisotopic (exact) mass is 446 g/mol. The summed E-state index contributed by atoms with van der Waals surface area (Å²) in [7, 11) is 0. The van der Waals surface area contributed by atoms with Gasteiger partial charge in [-0.05, 0) is 41.3 Å². The van der Waals surface area contributed by atoms with E-state index in [0.29, 0.717) is 5.69 Å². The van der Waals surface area contributed by atoms with Crippen LogP contribution in [0.3, 0.4) is 0 Å². The molecule has 166 valence electrons. The van der Waals surface area contributed by atoms with Crippen LogP contribution in [0.4, 0.5) is 21.9 Å². The molecule has 0 unspecified atom stereocenters. The second kappa shape index (κ2) is 9.42. The molecule has 4 N–H and O–H groups in total. The first-order valence-electron chi connectivity index (χ1n) is 11.0. The standard InChI is InChI=1S/C28H23N5O/c29-23-12-14-33(15-13-23)19-20-6-7-22-17-30-18-27(26(22)16-20)21-8-10-25(11-9-21)32-28(34)31-24-4-2-1-3-5-24/h1-18,29H,19H2,(H2,31,32,34)/p+1. The summed E-state index contributed by atoms with van der Waals surface area (Å²) in [4.78, 5) is 16.7. The largest absolute Gasteiger partial charge is 0.398 e. The van der Waals surface area contributed by atoms with Crippen LogP contribution in [0.2, 0.25) is 0 Å². The minimum absolute atomic E-state index is 0.282. The maximum absolute atomic E-state index is 12.3. The Labute approximate surface area is 197 Å². The number of carbonyl (C=O) groups excluding carboxylic acids is 1. The molecule has 0 aliphatic carbocycles. The summed E-state index contributed by atoms with van der Waals surface area (Å²) in [5.74, 6) is 0. The van der Waals surface area contributed by atoms with Crippen molar-refractivity contribution in [1.29, 1.82) is 0 Å². The lowest BCUT2D eigenvalue weighted by atomic mass is 9.99. The molecule has 0 radical (unpaired) electrons. The fourth-order valence-electron chi connectivity index (χ4n) is 3.87. The Bertz CT molecular complexity index is 1430. The highest BCUT2D eigenvalue weighted by Gasteiger charge is 2.09. The van der Waals surface area contributed by atoms with Crippen LogP contribution >= 0.6 is 0 Å². The molecule has 5 rings (SSSR count). The van der Waals surface area contributed by atoms with E-state index >= 15 is 0 Å². The molecule has 2 amide bonds. The molecule has 0 fully saturated rings. The van der Waals surface area contributed by atoms with Crippen molar-refractivity contribution in [2.75, 3.05) is 16.4 Å². The zero-order chi connectivity index (χ0) is 23.3. The Morgan fingerprint density at radius 2 is 1.53 bits per heavy atom. The number of aromatic nitrogens is 2. The molecule has 2 aromatic heterocycles. The molecule has 6 nitrogen and oxygen atoms in total. The van der Waals surface area contributed by atoms with E-state index in [2.05, 4.69) is 38.4 Å². The van der Waals surface area contributed by atoms with Gasteiger partial charge in [0.05, 0.1) is 0 Å². The van der Waals surface area contributed by atoms with Crippen molar-refractivity contribution in [1.82, 2.24) is 4.98 Å². The zero-order valence-corrected chi connectivity index (χ0v) is 18.5. The van der Waals surface area contributed by atoms with Crippen molar-refractivity contribution in [2.24, 2.45) is 0 Å². The van der Waals surface area contributed by atoms with Gasteiger partial charge in [-0.1, -0.05) is 42.5 Å². The number of hydrogen-bond acceptors (Lipinski definition) is 3. The molecule has 0 spiro atoms. The summed E-state index contributed by atoms with van der Waals surface area (Å²) in [5, 5.41) is 7.90. The quantitative estimate of drug-likeness (QED) is 0.313. The summed E-state index contributed by atoms with van der Waals surface area (Å²) in [6, 6.07) is 27.1. The maximum Gasteiger partial charge on any atom is 0.323 e. The molecule has 3 aromatic carbocycles. The Kier molecular flexibility index (Phi) is 5.86. The number of nitrogens with zero attached hydrogens (tertiary/aromatic N) is 2. The van der Waals surface area contributed by atoms with Gasteiger partial charge in [0.25, 0.3) is 0 Å². The highest BCUT2D eigenvalue weighted by atomic mass is 16.2. The third-order valence-corrected chi connectivity index (χ3v) is 5.59. The number of anilines is 3. The van der Waals surface area contributed by atoms with Crippen molar-refractivity contribution in [2.45, 2.75) is 6.54 Å². The van der Waals surface area contributed by atoms with E-state index in [1.165, 1.54) is 5.56 Å². The summed E-state index contributed by atoms with van der Waals surface area (Å²) in [6.07, 6.45) is 7.72. The lowest BCUT2D eigenvalue weighted by Crippen LogP contribution is -2.33. The summed E-state index contributed by atoms with van der Waals surface area (Å²) < 4.78 is 2.10. The van der Waals surface area contributed by atoms with Crippen LogP contribution in [0.5, 0.6) is 0 Å². The molecule has 0 aliphatic heterocycles. The number of carbonyl (C=O) groups is 1. The first-order valence-corrected chi connectivity index (χ1v) is 11.0. The summed E-state index contributed by atoms with van der Waals surface area (Å²) >= 11 is 0. The van der Waals surface area contributed by atoms with E-state index in [4.69, 9.17) is 5.73 Å². The highest BCUT2D eigenvalue weighted by Crippen LogP contribution is 2.29. The molecule has 0 bridgehead atoms. The number of nitrogen functional groups attached to an aromatic ring is 1. The van der Waals surface area contributed by atoms with Crippen molar-refractivity contribution < 1.29 is 9.36 Å². The Morgan fingerprint density at radius 3 is 2.26 bits per heavy atom. The number of pyridine rings is 2. The molecule has 0 aliphatic rings. The number of benzene rings is 3. The van der Waals surface area contributed by atoms with Gasteiger partial charge in [-0.25, -0.2) is 9.36 Å². The number of nitrogens with two attached hydrogens (primary N) is 1. The van der Waals surface area contributed by atoms with Gasteiger partial charge in [0, 0.05) is 58.1 Å². The van der Waals surface area contributed by atoms with Gasteiger partial charge in [0.15, 0.2) is 18.9 Å². The third-order valence-electron chi connectivity index (χ3n) is 5.59. The highest BCUT2D eigenvalue weighted by molar-refractivity contribution is 6.00. The maximum atomic E-state index is 12.3. The van der Waals surface area contributed by atoms with Crippen LogP contribution in [0, 0.1) is 0 Å². The average molecular weight is 447 g/mol. The number of amides is 2. The number of hydrogen-bond donors (Lipinski definition) is 3. The van der Waals surface area contributed by atoms with E-state index in [1.807, 2.05) is 91.5 Å². The molecule has 34 heavy (non-hydrogen) atoms. The lowest BCUT2D eigenvalue weighted by Gasteiger charge is -2.10. The number of nitrogens with one attached hydrogen (secondary N) is 2. The molecule has 6 heteroatoms. The van der Waals surface area contributed by atoms with Gasteiger partial charge in [0.2, 0.25) is 0 Å². The molecular weight excluding hydrogens is 422 g/mol. The van der Waals surface area contributed by atoms with Crippen molar-refractivity contribution in [3.63, 3.8) is 0 Å². The molecule has 0 saturated carbocycles. The number of fused-ring (bicyclic) bond motifs is 1. The fraction of sp³-hybridized carbons (Fsp3) is 0.0357. The van der Waals surface area contributed by atoms with Crippen LogP contribution in [0.15, 0.2) is 110 Å². The van der Waals surface area contributed by atoms with Crippen molar-refractivity contribution in [3.8, 4) is 11.1 Å². The van der Waals surface area contributed by atoms with E-state index in [-0.39, 0.29) is 6.03 Å². The Balaban J connectivity index is 1.36. The lowest BCUT2D eigenvalue weighted by molar-refractivity contribution is -0.688. The van der Waals surface area contributed by atoms with Crippen LogP contribution < -0.4 is 20.9 Å². The smallest absolute Gasteiger partial charge is 0.323 e. The first-order chi connectivity index (χ1) is 16.6. The van der Waals surface area contributed by atoms with Gasteiger partial charge in [-0.3, -0.25) is 4.98 Å². The molecule has 0 atom stereocenters. The third kappa shape index (κ3) is 4.86.